The van der Waals surface area contributed by atoms with E-state index in [1.165, 1.54) is 0 Å². The summed E-state index contributed by atoms with van der Waals surface area (Å²) in [5.41, 5.74) is 0. The van der Waals surface area contributed by atoms with Gasteiger partial charge < -0.3 is 20.1 Å². The standard InChI is InChI=1S/C11H20N2O3S/c14-6-10-7-16-3-2-13(10)11(15)5-9-8-17-4-1-12-9/h9-10,12,14H,1-8H2. The minimum atomic E-state index is -0.160. The van der Waals surface area contributed by atoms with Crippen molar-refractivity contribution < 1.29 is 14.6 Å². The molecule has 0 aromatic heterocycles. The number of hydrogen-bond donors (Lipinski definition) is 2. The molecule has 2 aliphatic rings. The molecule has 2 N–H and O–H groups in total. The van der Waals surface area contributed by atoms with Crippen LogP contribution in [0.1, 0.15) is 6.42 Å². The average Bonchev–Trinajstić information content (AvgIpc) is 2.40. The van der Waals surface area contributed by atoms with Gasteiger partial charge in [-0.1, -0.05) is 0 Å². The third kappa shape index (κ3) is 3.58. The molecule has 0 aromatic carbocycles. The van der Waals surface area contributed by atoms with E-state index in [1.807, 2.05) is 11.8 Å². The number of hydrogen-bond acceptors (Lipinski definition) is 5. The summed E-state index contributed by atoms with van der Waals surface area (Å²) in [5, 5.41) is 12.6. The van der Waals surface area contributed by atoms with Crippen molar-refractivity contribution >= 4 is 17.7 Å². The topological polar surface area (TPSA) is 61.8 Å². The number of rotatable bonds is 3. The number of thioether (sulfide) groups is 1. The van der Waals surface area contributed by atoms with Crippen molar-refractivity contribution in [2.24, 2.45) is 0 Å². The fraction of sp³-hybridized carbons (Fsp3) is 0.909. The highest BCUT2D eigenvalue weighted by atomic mass is 32.2. The van der Waals surface area contributed by atoms with Crippen LogP contribution in [0.5, 0.6) is 0 Å². The zero-order chi connectivity index (χ0) is 12.1. The number of nitrogens with zero attached hydrogens (tertiary/aromatic N) is 1. The summed E-state index contributed by atoms with van der Waals surface area (Å²) in [7, 11) is 0. The highest BCUT2D eigenvalue weighted by Gasteiger charge is 2.28. The molecule has 2 fully saturated rings. The lowest BCUT2D eigenvalue weighted by atomic mass is 10.1. The van der Waals surface area contributed by atoms with E-state index in [4.69, 9.17) is 4.74 Å². The molecule has 2 aliphatic heterocycles. The summed E-state index contributed by atoms with van der Waals surface area (Å²) in [6.45, 7) is 2.60. The zero-order valence-electron chi connectivity index (χ0n) is 9.93. The molecule has 1 amide bonds. The van der Waals surface area contributed by atoms with Crippen molar-refractivity contribution in [3.63, 3.8) is 0 Å². The summed E-state index contributed by atoms with van der Waals surface area (Å²) >= 11 is 1.89. The van der Waals surface area contributed by atoms with Crippen molar-refractivity contribution in [1.82, 2.24) is 10.2 Å². The average molecular weight is 260 g/mol. The number of nitrogens with one attached hydrogen (secondary N) is 1. The van der Waals surface area contributed by atoms with E-state index in [0.29, 0.717) is 26.2 Å². The van der Waals surface area contributed by atoms with Crippen molar-refractivity contribution in [2.45, 2.75) is 18.5 Å². The Bertz CT molecular complexity index is 259. The molecular formula is C11H20N2O3S. The Kier molecular flexibility index (Phi) is 5.09. The van der Waals surface area contributed by atoms with Crippen molar-refractivity contribution in [2.75, 3.05) is 44.4 Å². The van der Waals surface area contributed by atoms with Gasteiger partial charge in [-0.25, -0.2) is 0 Å². The molecule has 6 heteroatoms. The lowest BCUT2D eigenvalue weighted by Crippen LogP contribution is -2.52. The summed E-state index contributed by atoms with van der Waals surface area (Å²) in [6.07, 6.45) is 0.531. The first-order chi connectivity index (χ1) is 8.31. The molecule has 2 rings (SSSR count). The van der Waals surface area contributed by atoms with Gasteiger partial charge in [0.05, 0.1) is 25.9 Å². The lowest BCUT2D eigenvalue weighted by molar-refractivity contribution is -0.142. The van der Waals surface area contributed by atoms with E-state index < -0.39 is 0 Å². The number of morpholine rings is 1. The lowest BCUT2D eigenvalue weighted by Gasteiger charge is -2.35. The molecule has 0 saturated carbocycles. The van der Waals surface area contributed by atoms with Gasteiger partial charge in [0, 0.05) is 37.1 Å². The van der Waals surface area contributed by atoms with E-state index in [9.17, 15) is 9.90 Å². The van der Waals surface area contributed by atoms with E-state index in [-0.39, 0.29) is 24.6 Å². The second-order valence-electron chi connectivity index (χ2n) is 4.43. The first kappa shape index (κ1) is 13.1. The SMILES string of the molecule is O=C(CC1CSCCN1)N1CCOCC1CO. The van der Waals surface area contributed by atoms with Crippen LogP contribution in [0.2, 0.25) is 0 Å². The van der Waals surface area contributed by atoms with Crippen LogP contribution < -0.4 is 5.32 Å². The number of amides is 1. The fourth-order valence-electron chi connectivity index (χ4n) is 2.21. The van der Waals surface area contributed by atoms with Crippen LogP contribution in [0.25, 0.3) is 0 Å². The van der Waals surface area contributed by atoms with Gasteiger partial charge in [0.15, 0.2) is 0 Å². The number of carbonyl (C=O) groups excluding carboxylic acids is 1. The Morgan fingerprint density at radius 2 is 2.47 bits per heavy atom. The summed E-state index contributed by atoms with van der Waals surface area (Å²) in [4.78, 5) is 13.9. The molecule has 98 valence electrons. The number of ether oxygens (including phenoxy) is 1. The van der Waals surface area contributed by atoms with Gasteiger partial charge in [0.25, 0.3) is 0 Å². The zero-order valence-corrected chi connectivity index (χ0v) is 10.7. The van der Waals surface area contributed by atoms with Crippen LogP contribution in [0.4, 0.5) is 0 Å². The minimum absolute atomic E-state index is 0.0153. The Hall–Kier alpha value is -0.300. The van der Waals surface area contributed by atoms with E-state index in [0.717, 1.165) is 18.1 Å². The van der Waals surface area contributed by atoms with E-state index in [1.54, 1.807) is 4.90 Å². The van der Waals surface area contributed by atoms with Gasteiger partial charge in [0.2, 0.25) is 5.91 Å². The molecular weight excluding hydrogens is 240 g/mol. The maximum absolute atomic E-state index is 12.1. The number of carbonyl (C=O) groups is 1. The highest BCUT2D eigenvalue weighted by molar-refractivity contribution is 7.99. The fourth-order valence-corrected chi connectivity index (χ4v) is 3.16. The Labute approximate surface area is 106 Å². The van der Waals surface area contributed by atoms with Crippen LogP contribution >= 0.6 is 11.8 Å². The van der Waals surface area contributed by atoms with Crippen molar-refractivity contribution in [1.29, 1.82) is 0 Å². The molecule has 2 atom stereocenters. The third-order valence-electron chi connectivity index (χ3n) is 3.18. The van der Waals surface area contributed by atoms with E-state index in [2.05, 4.69) is 5.32 Å². The molecule has 0 radical (unpaired) electrons. The Balaban J connectivity index is 1.84. The first-order valence-electron chi connectivity index (χ1n) is 6.10. The van der Waals surface area contributed by atoms with Crippen LogP contribution in [0, 0.1) is 0 Å². The summed E-state index contributed by atoms with van der Waals surface area (Å²) in [6, 6.07) is 0.121. The molecule has 2 unspecified atom stereocenters. The summed E-state index contributed by atoms with van der Waals surface area (Å²) in [5.74, 6) is 2.26. The monoisotopic (exact) mass is 260 g/mol. The van der Waals surface area contributed by atoms with Crippen molar-refractivity contribution in [3.8, 4) is 0 Å². The van der Waals surface area contributed by atoms with Crippen LogP contribution in [0.3, 0.4) is 0 Å². The van der Waals surface area contributed by atoms with Crippen LogP contribution in [0.15, 0.2) is 0 Å². The van der Waals surface area contributed by atoms with E-state index >= 15 is 0 Å². The van der Waals surface area contributed by atoms with Gasteiger partial charge in [-0.15, -0.1) is 0 Å². The van der Waals surface area contributed by atoms with Gasteiger partial charge >= 0.3 is 0 Å². The number of aliphatic hydroxyl groups is 1. The minimum Gasteiger partial charge on any atom is -0.394 e. The molecule has 0 aromatic rings. The molecule has 0 bridgehead atoms. The third-order valence-corrected chi connectivity index (χ3v) is 4.31. The normalized spacial score (nSPS) is 30.3. The maximum atomic E-state index is 12.1. The quantitative estimate of drug-likeness (QED) is 0.703. The first-order valence-corrected chi connectivity index (χ1v) is 7.26. The molecule has 0 aliphatic carbocycles. The molecule has 5 nitrogen and oxygen atoms in total. The van der Waals surface area contributed by atoms with Gasteiger partial charge in [0.1, 0.15) is 0 Å². The largest absolute Gasteiger partial charge is 0.394 e. The van der Waals surface area contributed by atoms with Gasteiger partial charge in [-0.05, 0) is 0 Å². The van der Waals surface area contributed by atoms with Crippen LogP contribution in [-0.2, 0) is 9.53 Å². The summed E-state index contributed by atoms with van der Waals surface area (Å²) < 4.78 is 5.27. The second-order valence-corrected chi connectivity index (χ2v) is 5.58. The highest BCUT2D eigenvalue weighted by Crippen LogP contribution is 2.14. The number of aliphatic hydroxyl groups excluding tert-OH is 1. The molecule has 2 heterocycles. The Morgan fingerprint density at radius 3 is 3.18 bits per heavy atom. The molecule has 0 spiro atoms. The Morgan fingerprint density at radius 1 is 1.59 bits per heavy atom. The predicted octanol–water partition coefficient (Wildman–Crippen LogP) is -0.699. The van der Waals surface area contributed by atoms with Gasteiger partial charge in [-0.2, -0.15) is 11.8 Å². The second kappa shape index (κ2) is 6.58. The predicted molar refractivity (Wildman–Crippen MR) is 67.1 cm³/mol. The molecule has 17 heavy (non-hydrogen) atoms. The van der Waals surface area contributed by atoms with Gasteiger partial charge in [-0.3, -0.25) is 4.79 Å². The van der Waals surface area contributed by atoms with Crippen LogP contribution in [-0.4, -0.2) is 72.4 Å². The maximum Gasteiger partial charge on any atom is 0.224 e. The van der Waals surface area contributed by atoms with Crippen molar-refractivity contribution in [3.05, 3.63) is 0 Å². The molecule has 2 saturated heterocycles. The smallest absolute Gasteiger partial charge is 0.224 e.